The highest BCUT2D eigenvalue weighted by molar-refractivity contribution is 9.10. The summed E-state index contributed by atoms with van der Waals surface area (Å²) in [5.41, 5.74) is 1.99. The van der Waals surface area contributed by atoms with E-state index in [9.17, 15) is 19.2 Å². The van der Waals surface area contributed by atoms with Gasteiger partial charge in [-0.1, -0.05) is 66.0 Å². The molecule has 0 saturated carbocycles. The van der Waals surface area contributed by atoms with Crippen molar-refractivity contribution in [2.45, 2.75) is 51.1 Å². The van der Waals surface area contributed by atoms with Crippen LogP contribution >= 0.6 is 15.9 Å². The van der Waals surface area contributed by atoms with Crippen molar-refractivity contribution in [2.24, 2.45) is 0 Å². The van der Waals surface area contributed by atoms with Crippen LogP contribution in [-0.2, 0) is 9.59 Å². The molecule has 0 fully saturated rings. The average molecular weight is 620 g/mol. The van der Waals surface area contributed by atoms with Gasteiger partial charge in [0, 0.05) is 22.1 Å². The zero-order valence-corrected chi connectivity index (χ0v) is 24.1. The number of para-hydroxylation sites is 3. The van der Waals surface area contributed by atoms with Crippen molar-refractivity contribution in [1.82, 2.24) is 15.6 Å². The fourth-order valence-corrected chi connectivity index (χ4v) is 4.47. The molecule has 212 valence electrons. The number of hydrogen-bond donors (Lipinski definition) is 3. The Morgan fingerprint density at radius 2 is 1.56 bits per heavy atom. The van der Waals surface area contributed by atoms with Crippen LogP contribution in [0.25, 0.3) is 11.1 Å². The summed E-state index contributed by atoms with van der Waals surface area (Å²) >= 11 is 3.34. The van der Waals surface area contributed by atoms with Crippen LogP contribution in [0, 0.1) is 0 Å². The molecular weight excluding hydrogens is 588 g/mol. The lowest BCUT2D eigenvalue weighted by molar-refractivity contribution is -0.124. The van der Waals surface area contributed by atoms with Crippen molar-refractivity contribution >= 4 is 56.2 Å². The lowest BCUT2D eigenvalue weighted by atomic mass is 10.0. The third kappa shape index (κ3) is 8.34. The molecule has 4 rings (SSSR count). The molecule has 1 aromatic heterocycles. The van der Waals surface area contributed by atoms with E-state index >= 15 is 0 Å². The number of hydrogen-bond acceptors (Lipinski definition) is 6. The summed E-state index contributed by atoms with van der Waals surface area (Å²) in [6.45, 7) is 1.98. The number of carbonyl (C=O) groups is 4. The van der Waals surface area contributed by atoms with E-state index in [-0.39, 0.29) is 24.6 Å². The maximum Gasteiger partial charge on any atom is 0.266 e. The predicted octanol–water partition coefficient (Wildman–Crippen LogP) is 5.67. The Labute approximate surface area is 246 Å². The Balaban J connectivity index is 1.50. The molecule has 2 atom stereocenters. The molecule has 0 radical (unpaired) electrons. The zero-order chi connectivity index (χ0) is 29.2. The van der Waals surface area contributed by atoms with Gasteiger partial charge in [-0.3, -0.25) is 19.2 Å². The molecule has 9 nitrogen and oxygen atoms in total. The second-order valence-electron chi connectivity index (χ2n) is 9.54. The molecule has 41 heavy (non-hydrogen) atoms. The number of ketones is 1. The minimum Gasteiger partial charge on any atom is -0.434 e. The molecule has 0 aliphatic heterocycles. The maximum atomic E-state index is 13.5. The summed E-state index contributed by atoms with van der Waals surface area (Å²) in [5, 5.41) is 8.31. The van der Waals surface area contributed by atoms with E-state index in [1.54, 1.807) is 72.8 Å². The van der Waals surface area contributed by atoms with Crippen LogP contribution in [-0.4, -0.2) is 40.6 Å². The van der Waals surface area contributed by atoms with E-state index in [0.717, 1.165) is 10.9 Å². The van der Waals surface area contributed by atoms with E-state index in [2.05, 4.69) is 36.9 Å². The van der Waals surface area contributed by atoms with Gasteiger partial charge in [-0.05, 0) is 61.4 Å². The van der Waals surface area contributed by atoms with Gasteiger partial charge in [-0.2, -0.15) is 0 Å². The molecule has 10 heteroatoms. The number of nitrogens with one attached hydrogen (secondary N) is 3. The molecule has 0 saturated heterocycles. The minimum absolute atomic E-state index is 0.0182. The Kier molecular flexibility index (Phi) is 10.4. The van der Waals surface area contributed by atoms with Gasteiger partial charge >= 0.3 is 0 Å². The van der Waals surface area contributed by atoms with Crippen LogP contribution < -0.4 is 16.0 Å². The number of Topliss-reactive ketones (excluding diaryl/α,β-unsaturated/α-hetero) is 1. The van der Waals surface area contributed by atoms with Crippen LogP contribution in [0.4, 0.5) is 5.69 Å². The molecular formula is C31H31BrN4O5. The molecule has 0 aliphatic rings. The summed E-state index contributed by atoms with van der Waals surface area (Å²) in [6.07, 6.45) is 1.82. The van der Waals surface area contributed by atoms with Crippen molar-refractivity contribution in [3.8, 4) is 0 Å². The minimum atomic E-state index is -1.08. The number of unbranched alkanes of at least 4 members (excludes halogenated alkanes) is 1. The summed E-state index contributed by atoms with van der Waals surface area (Å²) in [4.78, 5) is 56.9. The standard InChI is InChI=1S/C31H31BrN4O5/c1-2-3-11-24(28(38)31-36-23-12-7-8-13-26(23)41-31)34-30(40)25(35-29(39)20-14-16-21(32)17-15-20)18-19-27(37)33-22-9-5-4-6-10-22/h4-10,12-17,24-25H,2-3,11,18-19H2,1H3,(H,33,37)(H,34,40)(H,35,39)/t24-,25?/m0/s1. The lowest BCUT2D eigenvalue weighted by Gasteiger charge is -2.22. The Hall–Kier alpha value is -4.31. The van der Waals surface area contributed by atoms with Gasteiger partial charge in [-0.15, -0.1) is 0 Å². The zero-order valence-electron chi connectivity index (χ0n) is 22.6. The van der Waals surface area contributed by atoms with Crippen molar-refractivity contribution in [3.05, 3.63) is 94.8 Å². The number of carbonyl (C=O) groups excluding carboxylic acids is 4. The Morgan fingerprint density at radius 3 is 2.27 bits per heavy atom. The first-order valence-corrected chi connectivity index (χ1v) is 14.2. The van der Waals surface area contributed by atoms with Crippen molar-refractivity contribution in [1.29, 1.82) is 0 Å². The van der Waals surface area contributed by atoms with Gasteiger partial charge in [-0.25, -0.2) is 4.98 Å². The molecule has 0 bridgehead atoms. The average Bonchev–Trinajstić information content (AvgIpc) is 3.42. The van der Waals surface area contributed by atoms with Crippen LogP contribution in [0.15, 0.2) is 87.8 Å². The van der Waals surface area contributed by atoms with E-state index in [4.69, 9.17) is 4.42 Å². The first-order chi connectivity index (χ1) is 19.8. The molecule has 0 aliphatic carbocycles. The number of rotatable bonds is 13. The molecule has 1 unspecified atom stereocenters. The smallest absolute Gasteiger partial charge is 0.266 e. The highest BCUT2D eigenvalue weighted by atomic mass is 79.9. The monoisotopic (exact) mass is 618 g/mol. The molecule has 3 aromatic carbocycles. The van der Waals surface area contributed by atoms with Crippen LogP contribution in [0.1, 0.15) is 60.1 Å². The first kappa shape index (κ1) is 29.7. The molecule has 3 N–H and O–H groups in total. The number of amides is 3. The van der Waals surface area contributed by atoms with Gasteiger partial charge in [0.05, 0.1) is 6.04 Å². The normalized spacial score (nSPS) is 12.3. The summed E-state index contributed by atoms with van der Waals surface area (Å²) in [7, 11) is 0. The fraction of sp³-hybridized carbons (Fsp3) is 0.258. The molecule has 4 aromatic rings. The quantitative estimate of drug-likeness (QED) is 0.166. The number of benzene rings is 3. The van der Waals surface area contributed by atoms with Crippen LogP contribution in [0.2, 0.25) is 0 Å². The summed E-state index contributed by atoms with van der Waals surface area (Å²) in [6, 6.07) is 20.7. The largest absolute Gasteiger partial charge is 0.434 e. The van der Waals surface area contributed by atoms with Gasteiger partial charge in [0.25, 0.3) is 11.8 Å². The number of halogens is 1. The van der Waals surface area contributed by atoms with Gasteiger partial charge in [0.15, 0.2) is 5.58 Å². The second kappa shape index (κ2) is 14.4. The van der Waals surface area contributed by atoms with E-state index < -0.39 is 29.7 Å². The molecule has 1 heterocycles. The highest BCUT2D eigenvalue weighted by Gasteiger charge is 2.30. The number of nitrogens with zero attached hydrogens (tertiary/aromatic N) is 1. The summed E-state index contributed by atoms with van der Waals surface area (Å²) in [5.74, 6) is -1.91. The molecule has 3 amide bonds. The lowest BCUT2D eigenvalue weighted by Crippen LogP contribution is -2.51. The van der Waals surface area contributed by atoms with Gasteiger partial charge in [0.2, 0.25) is 17.6 Å². The predicted molar refractivity (Wildman–Crippen MR) is 159 cm³/mol. The summed E-state index contributed by atoms with van der Waals surface area (Å²) < 4.78 is 6.47. The third-order valence-electron chi connectivity index (χ3n) is 6.43. The number of oxazole rings is 1. The SMILES string of the molecule is CCCC[C@H](NC(=O)C(CCC(=O)Nc1ccccc1)NC(=O)c1ccc(Br)cc1)C(=O)c1nc2ccccc2o1. The fourth-order valence-electron chi connectivity index (χ4n) is 4.21. The van der Waals surface area contributed by atoms with Crippen LogP contribution in [0.5, 0.6) is 0 Å². The third-order valence-corrected chi connectivity index (χ3v) is 6.96. The van der Waals surface area contributed by atoms with E-state index in [1.165, 1.54) is 0 Å². The van der Waals surface area contributed by atoms with Crippen molar-refractivity contribution < 1.29 is 23.6 Å². The van der Waals surface area contributed by atoms with Crippen LogP contribution in [0.3, 0.4) is 0 Å². The van der Waals surface area contributed by atoms with Gasteiger partial charge < -0.3 is 20.4 Å². The van der Waals surface area contributed by atoms with E-state index in [1.807, 2.05) is 13.0 Å². The van der Waals surface area contributed by atoms with E-state index in [0.29, 0.717) is 35.2 Å². The Bertz CT molecular complexity index is 1470. The van der Waals surface area contributed by atoms with Crippen molar-refractivity contribution in [2.75, 3.05) is 5.32 Å². The number of anilines is 1. The molecule has 0 spiro atoms. The maximum absolute atomic E-state index is 13.5. The van der Waals surface area contributed by atoms with Gasteiger partial charge in [0.1, 0.15) is 11.6 Å². The highest BCUT2D eigenvalue weighted by Crippen LogP contribution is 2.18. The first-order valence-electron chi connectivity index (χ1n) is 13.5. The second-order valence-corrected chi connectivity index (χ2v) is 10.5. The topological polar surface area (TPSA) is 130 Å². The Morgan fingerprint density at radius 1 is 0.854 bits per heavy atom. The number of fused-ring (bicyclic) bond motifs is 1. The number of aromatic nitrogens is 1. The van der Waals surface area contributed by atoms with Crippen molar-refractivity contribution in [3.63, 3.8) is 0 Å².